The molecule has 0 saturated heterocycles. The Hall–Kier alpha value is -4.74. The molecular formula is C32H18N6O2Pt2-6. The normalized spacial score (nSPS) is 9.00. The summed E-state index contributed by atoms with van der Waals surface area (Å²) in [6.07, 6.45) is 25.9. The number of pyridine rings is 2. The fourth-order valence-electron chi connectivity index (χ4n) is 2.88. The Morgan fingerprint density at radius 1 is 0.619 bits per heavy atom. The maximum absolute atomic E-state index is 6.53. The van der Waals surface area contributed by atoms with Crippen LogP contribution in [0, 0.1) is 49.2 Å². The zero-order valence-corrected chi connectivity index (χ0v) is 26.1. The van der Waals surface area contributed by atoms with E-state index in [-0.39, 0.29) is 42.1 Å². The van der Waals surface area contributed by atoms with Crippen LogP contribution in [0.15, 0.2) is 110 Å². The molecule has 0 N–H and O–H groups in total. The average Bonchev–Trinajstić information content (AvgIpc) is 3.74. The molecule has 0 radical (unpaired) electrons. The Kier molecular flexibility index (Phi) is 14.8. The Bertz CT molecular complexity index is 1540. The Labute approximate surface area is 273 Å². The first-order valence-electron chi connectivity index (χ1n) is 11.6. The van der Waals surface area contributed by atoms with Gasteiger partial charge in [-0.25, -0.2) is 32.0 Å². The van der Waals surface area contributed by atoms with Gasteiger partial charge in [0.05, 0.1) is 0 Å². The number of hydrogen-bond acceptors (Lipinski definition) is 6. The van der Waals surface area contributed by atoms with Crippen molar-refractivity contribution >= 4 is 0 Å². The Morgan fingerprint density at radius 2 is 1.07 bits per heavy atom. The van der Waals surface area contributed by atoms with E-state index in [1.807, 2.05) is 24.3 Å². The first-order valence-corrected chi connectivity index (χ1v) is 11.6. The summed E-state index contributed by atoms with van der Waals surface area (Å²) in [5.41, 5.74) is 1.34. The summed E-state index contributed by atoms with van der Waals surface area (Å²) in [5, 5.41) is 0. The summed E-state index contributed by atoms with van der Waals surface area (Å²) < 4.78 is 14.3. The number of imidazole rings is 2. The van der Waals surface area contributed by atoms with E-state index in [4.69, 9.17) is 22.3 Å². The second-order valence-corrected chi connectivity index (χ2v) is 7.39. The van der Waals surface area contributed by atoms with Gasteiger partial charge in [0.15, 0.2) is 0 Å². The van der Waals surface area contributed by atoms with Crippen molar-refractivity contribution in [3.8, 4) is 46.5 Å². The molecule has 4 heterocycles. The van der Waals surface area contributed by atoms with Gasteiger partial charge in [-0.15, -0.1) is 0 Å². The molecular weight excluding hydrogens is 891 g/mol. The van der Waals surface area contributed by atoms with E-state index in [2.05, 4.69) is 56.3 Å². The maximum Gasteiger partial charge on any atom is 0.215 e. The van der Waals surface area contributed by atoms with Crippen molar-refractivity contribution in [3.63, 3.8) is 0 Å². The van der Waals surface area contributed by atoms with E-state index in [1.165, 1.54) is 21.8 Å². The zero-order valence-electron chi connectivity index (χ0n) is 21.5. The van der Waals surface area contributed by atoms with Crippen molar-refractivity contribution < 1.29 is 51.6 Å². The molecule has 0 aliphatic heterocycles. The summed E-state index contributed by atoms with van der Waals surface area (Å²) in [7, 11) is 0. The topological polar surface area (TPSA) is 79.9 Å². The predicted molar refractivity (Wildman–Crippen MR) is 145 cm³/mol. The minimum Gasteiger partial charge on any atom is -0.669 e. The van der Waals surface area contributed by atoms with Crippen LogP contribution in [0.3, 0.4) is 0 Å². The summed E-state index contributed by atoms with van der Waals surface area (Å²) in [5.74, 6) is 2.08. The van der Waals surface area contributed by atoms with Gasteiger partial charge < -0.3 is 66.8 Å². The number of benzene rings is 2. The molecule has 6 aromatic rings. The molecule has 0 aliphatic carbocycles. The molecule has 0 aliphatic rings. The molecule has 0 spiro atoms. The number of rotatable bonds is 5. The minimum atomic E-state index is 0. The van der Waals surface area contributed by atoms with Gasteiger partial charge in [-0.2, -0.15) is 12.1 Å². The van der Waals surface area contributed by atoms with Crippen molar-refractivity contribution in [1.82, 2.24) is 29.1 Å². The fourth-order valence-corrected chi connectivity index (χ4v) is 2.88. The number of nitrogens with zero attached hydrogens (tertiary/aromatic N) is 6. The van der Waals surface area contributed by atoms with Gasteiger partial charge in [0.2, 0.25) is 11.8 Å². The molecule has 6 rings (SSSR count). The quantitative estimate of drug-likeness (QED) is 0.169. The minimum absolute atomic E-state index is 0. The van der Waals surface area contributed by atoms with Crippen molar-refractivity contribution in [2.24, 2.45) is 0 Å². The SMILES string of the molecule is [C-]#Cn1ccnc1.[C-]#Cn1ccnc1.[Pt].[Pt].[c-]1ccc(Oc2ccccn2)[c-]c1-c1[c-]ccc(Oc2ccccn2)[c-]1. The third-order valence-corrected chi connectivity index (χ3v) is 4.64. The molecule has 0 saturated carbocycles. The Morgan fingerprint density at radius 3 is 1.38 bits per heavy atom. The summed E-state index contributed by atoms with van der Waals surface area (Å²) in [6, 6.07) is 34.8. The predicted octanol–water partition coefficient (Wildman–Crippen LogP) is 5.48. The largest absolute Gasteiger partial charge is 0.669 e. The molecule has 2 aromatic carbocycles. The van der Waals surface area contributed by atoms with E-state index in [1.54, 1.807) is 73.6 Å². The van der Waals surface area contributed by atoms with Gasteiger partial charge in [0, 0.05) is 91.4 Å². The number of ether oxygens (including phenoxy) is 2. The number of aromatic nitrogens is 6. The van der Waals surface area contributed by atoms with E-state index in [0.29, 0.717) is 34.4 Å². The van der Waals surface area contributed by atoms with Crippen LogP contribution < -0.4 is 9.47 Å². The summed E-state index contributed by atoms with van der Waals surface area (Å²) >= 11 is 0. The first-order chi connectivity index (χ1) is 19.7. The molecule has 4 aromatic heterocycles. The van der Waals surface area contributed by atoms with E-state index >= 15 is 0 Å². The monoisotopic (exact) mass is 908 g/mol. The zero-order chi connectivity index (χ0) is 27.8. The van der Waals surface area contributed by atoms with Crippen molar-refractivity contribution in [3.05, 3.63) is 148 Å². The van der Waals surface area contributed by atoms with Crippen molar-refractivity contribution in [1.29, 1.82) is 0 Å². The maximum atomic E-state index is 6.53. The molecule has 0 fully saturated rings. The van der Waals surface area contributed by atoms with Crippen LogP contribution >= 0.6 is 0 Å². The van der Waals surface area contributed by atoms with E-state index < -0.39 is 0 Å². The van der Waals surface area contributed by atoms with Crippen molar-refractivity contribution in [2.75, 3.05) is 0 Å². The van der Waals surface area contributed by atoms with Crippen LogP contribution in [-0.4, -0.2) is 29.1 Å². The van der Waals surface area contributed by atoms with Gasteiger partial charge in [-0.1, -0.05) is 23.6 Å². The summed E-state index contributed by atoms with van der Waals surface area (Å²) in [4.78, 5) is 15.6. The molecule has 0 unspecified atom stereocenters. The van der Waals surface area contributed by atoms with Gasteiger partial charge in [-0.3, -0.25) is 12.1 Å². The van der Waals surface area contributed by atoms with Crippen LogP contribution in [0.1, 0.15) is 0 Å². The molecule has 0 bridgehead atoms. The molecule has 10 heteroatoms. The average molecular weight is 909 g/mol. The van der Waals surface area contributed by atoms with Crippen LogP contribution in [0.4, 0.5) is 0 Å². The second kappa shape index (κ2) is 18.6. The third-order valence-electron chi connectivity index (χ3n) is 4.64. The second-order valence-electron chi connectivity index (χ2n) is 7.39. The fraction of sp³-hybridized carbons (Fsp3) is 0. The van der Waals surface area contributed by atoms with Crippen LogP contribution in [0.5, 0.6) is 23.3 Å². The van der Waals surface area contributed by atoms with Crippen LogP contribution in [0.2, 0.25) is 0 Å². The molecule has 0 atom stereocenters. The van der Waals surface area contributed by atoms with Crippen LogP contribution in [0.25, 0.3) is 11.1 Å². The van der Waals surface area contributed by atoms with Crippen LogP contribution in [-0.2, 0) is 42.1 Å². The van der Waals surface area contributed by atoms with E-state index in [9.17, 15) is 0 Å². The standard InChI is InChI=1S/C22H12N2O2.2C5H3N2.2Pt/c1-3-13-23-21(11-1)25-19-9-5-7-17(15-19)18-8-6-10-20(16-18)26-22-12-2-4-14-24-22;2*1-2-7-4-3-6-5-7;;/h1-6,9-14H;2*3-5H;;/q-4;2*-1;;. The molecule has 0 amide bonds. The van der Waals surface area contributed by atoms with Gasteiger partial charge in [0.25, 0.3) is 0 Å². The molecule has 214 valence electrons. The van der Waals surface area contributed by atoms with Gasteiger partial charge in [-0.05, 0) is 12.1 Å². The molecule has 8 nitrogen and oxygen atoms in total. The smallest absolute Gasteiger partial charge is 0.215 e. The van der Waals surface area contributed by atoms with Crippen molar-refractivity contribution in [2.45, 2.75) is 0 Å². The Balaban J connectivity index is 0.000000317. The first kappa shape index (κ1) is 33.5. The summed E-state index contributed by atoms with van der Waals surface area (Å²) in [6.45, 7) is 0. The van der Waals surface area contributed by atoms with Gasteiger partial charge >= 0.3 is 0 Å². The van der Waals surface area contributed by atoms with Gasteiger partial charge in [0.1, 0.15) is 12.7 Å². The number of hydrogen-bond donors (Lipinski definition) is 0. The molecule has 42 heavy (non-hydrogen) atoms. The van der Waals surface area contributed by atoms with E-state index in [0.717, 1.165) is 0 Å². The third kappa shape index (κ3) is 11.0.